The fourth-order valence-electron chi connectivity index (χ4n) is 2.38. The summed E-state index contributed by atoms with van der Waals surface area (Å²) in [6, 6.07) is 5.80. The molecule has 1 aliphatic carbocycles. The molecule has 3 rings (SSSR count). The van der Waals surface area contributed by atoms with Crippen molar-refractivity contribution in [2.24, 2.45) is 0 Å². The minimum absolute atomic E-state index is 0.517. The van der Waals surface area contributed by atoms with Crippen LogP contribution in [0, 0.1) is 3.57 Å². The molecule has 1 aromatic heterocycles. The molecule has 20 heavy (non-hydrogen) atoms. The monoisotopic (exact) mass is 401 g/mol. The summed E-state index contributed by atoms with van der Waals surface area (Å²) >= 11 is 4.18. The predicted molar refractivity (Wildman–Crippen MR) is 90.4 cm³/mol. The third-order valence-electron chi connectivity index (χ3n) is 3.46. The van der Waals surface area contributed by atoms with Crippen molar-refractivity contribution < 1.29 is 4.52 Å². The maximum Gasteiger partial charge on any atom is 0.260 e. The predicted octanol–water partition coefficient (Wildman–Crippen LogP) is 4.10. The van der Waals surface area contributed by atoms with Gasteiger partial charge in [-0.05, 0) is 53.6 Å². The third kappa shape index (κ3) is 3.28. The molecule has 0 bridgehead atoms. The van der Waals surface area contributed by atoms with E-state index in [1.807, 2.05) is 30.0 Å². The van der Waals surface area contributed by atoms with Gasteiger partial charge < -0.3 is 10.3 Å². The summed E-state index contributed by atoms with van der Waals surface area (Å²) in [6.07, 6.45) is 5.35. The van der Waals surface area contributed by atoms with E-state index in [0.29, 0.717) is 11.6 Å². The fraction of sp³-hybridized carbons (Fsp3) is 0.429. The highest BCUT2D eigenvalue weighted by Crippen LogP contribution is 2.32. The van der Waals surface area contributed by atoms with Gasteiger partial charge in [0.05, 0.1) is 11.3 Å². The number of nitrogens with two attached hydrogens (primary N) is 1. The highest BCUT2D eigenvalue weighted by atomic mass is 127. The number of benzene rings is 1. The van der Waals surface area contributed by atoms with Crippen LogP contribution < -0.4 is 5.73 Å². The molecular formula is C14H16IN3OS. The standard InChI is InChI=1S/C14H16IN3OS/c15-9-5-6-12(16)11(7-9)14-17-13(18-19-14)8-20-10-3-1-2-4-10/h5-7,10H,1-4,8,16H2. The Morgan fingerprint density at radius 2 is 2.15 bits per heavy atom. The number of anilines is 1. The number of nitrogens with zero attached hydrogens (tertiary/aromatic N) is 2. The molecule has 0 radical (unpaired) electrons. The third-order valence-corrected chi connectivity index (χ3v) is 5.50. The van der Waals surface area contributed by atoms with Crippen molar-refractivity contribution in [2.75, 3.05) is 5.73 Å². The van der Waals surface area contributed by atoms with Crippen LogP contribution in [-0.2, 0) is 5.75 Å². The van der Waals surface area contributed by atoms with Gasteiger partial charge in [-0.15, -0.1) is 0 Å². The maximum absolute atomic E-state index is 5.97. The molecule has 0 saturated heterocycles. The molecule has 1 aliphatic rings. The molecule has 0 unspecified atom stereocenters. The van der Waals surface area contributed by atoms with Gasteiger partial charge in [0, 0.05) is 14.5 Å². The summed E-state index contributed by atoms with van der Waals surface area (Å²) in [7, 11) is 0. The largest absolute Gasteiger partial charge is 0.398 e. The molecule has 0 atom stereocenters. The number of hydrogen-bond acceptors (Lipinski definition) is 5. The van der Waals surface area contributed by atoms with Crippen molar-refractivity contribution in [2.45, 2.75) is 36.7 Å². The zero-order chi connectivity index (χ0) is 13.9. The van der Waals surface area contributed by atoms with E-state index in [2.05, 4.69) is 32.7 Å². The van der Waals surface area contributed by atoms with Crippen molar-refractivity contribution in [1.29, 1.82) is 0 Å². The van der Waals surface area contributed by atoms with Gasteiger partial charge in [0.15, 0.2) is 5.82 Å². The van der Waals surface area contributed by atoms with E-state index in [4.69, 9.17) is 10.3 Å². The van der Waals surface area contributed by atoms with Gasteiger partial charge in [-0.2, -0.15) is 16.7 Å². The van der Waals surface area contributed by atoms with Gasteiger partial charge in [0.1, 0.15) is 0 Å². The quantitative estimate of drug-likeness (QED) is 0.618. The average Bonchev–Trinajstić information content (AvgIpc) is 3.10. The van der Waals surface area contributed by atoms with E-state index in [0.717, 1.165) is 26.0 Å². The van der Waals surface area contributed by atoms with Crippen LogP contribution in [0.5, 0.6) is 0 Å². The van der Waals surface area contributed by atoms with Crippen molar-refractivity contribution in [3.63, 3.8) is 0 Å². The zero-order valence-electron chi connectivity index (χ0n) is 11.0. The molecule has 1 aromatic carbocycles. The first-order valence-corrected chi connectivity index (χ1v) is 8.85. The van der Waals surface area contributed by atoms with Crippen molar-refractivity contribution in [3.05, 3.63) is 27.6 Å². The Kier molecular flexibility index (Phi) is 4.50. The molecule has 2 aromatic rings. The van der Waals surface area contributed by atoms with Crippen LogP contribution in [0.4, 0.5) is 5.69 Å². The van der Waals surface area contributed by atoms with E-state index in [9.17, 15) is 0 Å². The Balaban J connectivity index is 1.71. The van der Waals surface area contributed by atoms with Crippen LogP contribution in [-0.4, -0.2) is 15.4 Å². The van der Waals surface area contributed by atoms with Crippen LogP contribution >= 0.6 is 34.4 Å². The molecule has 1 heterocycles. The first-order chi connectivity index (χ1) is 9.72. The van der Waals surface area contributed by atoms with Gasteiger partial charge in [0.25, 0.3) is 5.89 Å². The summed E-state index contributed by atoms with van der Waals surface area (Å²) in [5.41, 5.74) is 7.46. The van der Waals surface area contributed by atoms with Gasteiger partial charge >= 0.3 is 0 Å². The maximum atomic E-state index is 5.97. The second-order valence-corrected chi connectivity index (χ2v) is 7.50. The Hall–Kier alpha value is -0.760. The Bertz CT molecular complexity index is 596. The van der Waals surface area contributed by atoms with Crippen LogP contribution in [0.3, 0.4) is 0 Å². The van der Waals surface area contributed by atoms with Gasteiger partial charge in [0.2, 0.25) is 0 Å². The molecule has 0 spiro atoms. The number of halogens is 1. The molecule has 106 valence electrons. The summed E-state index contributed by atoms with van der Waals surface area (Å²) in [5, 5.41) is 4.82. The summed E-state index contributed by atoms with van der Waals surface area (Å²) in [5.74, 6) is 2.09. The molecule has 0 aliphatic heterocycles. The van der Waals surface area contributed by atoms with Crippen molar-refractivity contribution in [3.8, 4) is 11.5 Å². The minimum atomic E-state index is 0.517. The SMILES string of the molecule is Nc1ccc(I)cc1-c1nc(CSC2CCCC2)no1. The van der Waals surface area contributed by atoms with Crippen LogP contribution in [0.2, 0.25) is 0 Å². The normalized spacial score (nSPS) is 15.8. The molecular weight excluding hydrogens is 385 g/mol. The van der Waals surface area contributed by atoms with E-state index in [1.165, 1.54) is 25.7 Å². The van der Waals surface area contributed by atoms with Crippen LogP contribution in [0.1, 0.15) is 31.5 Å². The summed E-state index contributed by atoms with van der Waals surface area (Å²) in [6.45, 7) is 0. The van der Waals surface area contributed by atoms with Crippen LogP contribution in [0.25, 0.3) is 11.5 Å². The molecule has 6 heteroatoms. The van der Waals surface area contributed by atoms with Gasteiger partial charge in [-0.3, -0.25) is 0 Å². The van der Waals surface area contributed by atoms with Gasteiger partial charge in [-0.1, -0.05) is 18.0 Å². The molecule has 1 saturated carbocycles. The fourth-order valence-corrected chi connectivity index (χ4v) is 4.04. The second-order valence-electron chi connectivity index (χ2n) is 4.96. The number of aromatic nitrogens is 2. The summed E-state index contributed by atoms with van der Waals surface area (Å²) < 4.78 is 6.45. The van der Waals surface area contributed by atoms with Crippen LogP contribution in [0.15, 0.2) is 22.7 Å². The lowest BCUT2D eigenvalue weighted by molar-refractivity contribution is 0.425. The number of thioether (sulfide) groups is 1. The molecule has 1 fully saturated rings. The summed E-state index contributed by atoms with van der Waals surface area (Å²) in [4.78, 5) is 4.46. The molecule has 0 amide bonds. The molecule has 2 N–H and O–H groups in total. The van der Waals surface area contributed by atoms with Gasteiger partial charge in [-0.25, -0.2) is 0 Å². The Morgan fingerprint density at radius 3 is 2.95 bits per heavy atom. The Morgan fingerprint density at radius 1 is 1.35 bits per heavy atom. The number of nitrogen functional groups attached to an aromatic ring is 1. The molecule has 4 nitrogen and oxygen atoms in total. The van der Waals surface area contributed by atoms with E-state index in [1.54, 1.807) is 0 Å². The lowest BCUT2D eigenvalue weighted by atomic mass is 10.2. The zero-order valence-corrected chi connectivity index (χ0v) is 14.0. The highest BCUT2D eigenvalue weighted by Gasteiger charge is 2.17. The number of rotatable bonds is 4. The van der Waals surface area contributed by atoms with Crippen molar-refractivity contribution in [1.82, 2.24) is 10.1 Å². The van der Waals surface area contributed by atoms with E-state index < -0.39 is 0 Å². The minimum Gasteiger partial charge on any atom is -0.398 e. The first-order valence-electron chi connectivity index (χ1n) is 6.72. The van der Waals surface area contributed by atoms with E-state index >= 15 is 0 Å². The number of hydrogen-bond donors (Lipinski definition) is 1. The topological polar surface area (TPSA) is 64.9 Å². The average molecular weight is 401 g/mol. The lowest BCUT2D eigenvalue weighted by Gasteiger charge is -2.05. The second kappa shape index (κ2) is 6.34. The Labute approximate surface area is 136 Å². The van der Waals surface area contributed by atoms with Crippen molar-refractivity contribution >= 4 is 40.0 Å². The smallest absolute Gasteiger partial charge is 0.260 e. The van der Waals surface area contributed by atoms with E-state index in [-0.39, 0.29) is 0 Å². The first kappa shape index (κ1) is 14.2. The lowest BCUT2D eigenvalue weighted by Crippen LogP contribution is -1.96. The highest BCUT2D eigenvalue weighted by molar-refractivity contribution is 14.1.